The highest BCUT2D eigenvalue weighted by Crippen LogP contribution is 2.15. The first-order chi connectivity index (χ1) is 10.9. The number of carbonyl (C=O) groups is 1. The molecule has 1 aliphatic rings. The van der Waals surface area contributed by atoms with E-state index in [2.05, 4.69) is 34.4 Å². The molecular formula is C17H27FN4O. The quantitative estimate of drug-likeness (QED) is 0.873. The molecule has 1 aliphatic heterocycles. The predicted molar refractivity (Wildman–Crippen MR) is 91.3 cm³/mol. The van der Waals surface area contributed by atoms with Crippen molar-refractivity contribution in [2.75, 3.05) is 51.6 Å². The molecule has 23 heavy (non-hydrogen) atoms. The summed E-state index contributed by atoms with van der Waals surface area (Å²) < 4.78 is 13.0. The lowest BCUT2D eigenvalue weighted by Gasteiger charge is -2.33. The fraction of sp³-hybridized carbons (Fsp3) is 0.588. The first-order valence-electron chi connectivity index (χ1n) is 8.16. The fourth-order valence-electron chi connectivity index (χ4n) is 2.74. The van der Waals surface area contributed by atoms with Crippen LogP contribution in [0.2, 0.25) is 0 Å². The number of hydrogen-bond donors (Lipinski definition) is 2. The molecule has 5 nitrogen and oxygen atoms in total. The van der Waals surface area contributed by atoms with E-state index in [9.17, 15) is 9.18 Å². The molecule has 0 aliphatic carbocycles. The van der Waals surface area contributed by atoms with Gasteiger partial charge >= 0.3 is 6.03 Å². The van der Waals surface area contributed by atoms with Gasteiger partial charge in [-0.2, -0.15) is 0 Å². The van der Waals surface area contributed by atoms with Crippen LogP contribution in [0, 0.1) is 18.7 Å². The number of nitrogens with zero attached hydrogens (tertiary/aromatic N) is 2. The third-order valence-electron chi connectivity index (χ3n) is 4.21. The van der Waals surface area contributed by atoms with E-state index in [1.165, 1.54) is 12.1 Å². The van der Waals surface area contributed by atoms with Gasteiger partial charge < -0.3 is 20.4 Å². The fourth-order valence-corrected chi connectivity index (χ4v) is 2.74. The summed E-state index contributed by atoms with van der Waals surface area (Å²) in [7, 11) is 2.14. The van der Waals surface area contributed by atoms with Crippen molar-refractivity contribution in [2.45, 2.75) is 13.8 Å². The Labute approximate surface area is 137 Å². The van der Waals surface area contributed by atoms with Crippen molar-refractivity contribution in [3.8, 4) is 0 Å². The van der Waals surface area contributed by atoms with Crippen LogP contribution in [0.4, 0.5) is 14.9 Å². The molecular weight excluding hydrogens is 295 g/mol. The maximum Gasteiger partial charge on any atom is 0.319 e. The minimum Gasteiger partial charge on any atom is -0.338 e. The number of halogens is 1. The van der Waals surface area contributed by atoms with E-state index in [0.717, 1.165) is 32.7 Å². The number of benzene rings is 1. The van der Waals surface area contributed by atoms with Crippen molar-refractivity contribution >= 4 is 11.7 Å². The van der Waals surface area contributed by atoms with Crippen molar-refractivity contribution < 1.29 is 9.18 Å². The van der Waals surface area contributed by atoms with Crippen molar-refractivity contribution in [2.24, 2.45) is 5.92 Å². The predicted octanol–water partition coefficient (Wildman–Crippen LogP) is 2.14. The number of hydrogen-bond acceptors (Lipinski definition) is 3. The standard InChI is InChI=1S/C17H27FN4O/c1-13(12-22-8-6-21(3)7-9-22)11-19-17(23)20-16-5-4-15(18)10-14(16)2/h4-5,10,13H,6-9,11-12H2,1-3H3,(H2,19,20,23). The average Bonchev–Trinajstić information content (AvgIpc) is 2.50. The molecule has 1 atom stereocenters. The van der Waals surface area contributed by atoms with Crippen LogP contribution in [0.25, 0.3) is 0 Å². The Balaban J connectivity index is 1.71. The van der Waals surface area contributed by atoms with Gasteiger partial charge in [0.25, 0.3) is 0 Å². The second-order valence-electron chi connectivity index (χ2n) is 6.50. The molecule has 2 amide bonds. The number of nitrogens with one attached hydrogen (secondary N) is 2. The summed E-state index contributed by atoms with van der Waals surface area (Å²) in [6.45, 7) is 9.90. The Kier molecular flexibility index (Phi) is 6.36. The van der Waals surface area contributed by atoms with E-state index in [-0.39, 0.29) is 11.8 Å². The molecule has 2 rings (SSSR count). The summed E-state index contributed by atoms with van der Waals surface area (Å²) in [6, 6.07) is 4.09. The van der Waals surface area contributed by atoms with Crippen LogP contribution in [0.3, 0.4) is 0 Å². The first-order valence-corrected chi connectivity index (χ1v) is 8.16. The van der Waals surface area contributed by atoms with Gasteiger partial charge in [0.1, 0.15) is 5.82 Å². The smallest absolute Gasteiger partial charge is 0.319 e. The van der Waals surface area contributed by atoms with Crippen LogP contribution in [-0.4, -0.2) is 62.1 Å². The largest absolute Gasteiger partial charge is 0.338 e. The van der Waals surface area contributed by atoms with E-state index in [1.807, 2.05) is 0 Å². The zero-order valence-electron chi connectivity index (χ0n) is 14.2. The molecule has 1 aromatic rings. The molecule has 0 saturated carbocycles. The zero-order chi connectivity index (χ0) is 16.8. The van der Waals surface area contributed by atoms with Crippen LogP contribution in [-0.2, 0) is 0 Å². The van der Waals surface area contributed by atoms with E-state index in [4.69, 9.17) is 0 Å². The van der Waals surface area contributed by atoms with Gasteiger partial charge in [0, 0.05) is 45.0 Å². The summed E-state index contributed by atoms with van der Waals surface area (Å²) in [5, 5.41) is 5.66. The number of likely N-dealkylation sites (N-methyl/N-ethyl adjacent to an activating group) is 1. The van der Waals surface area contributed by atoms with Gasteiger partial charge in [-0.3, -0.25) is 0 Å². The number of piperazine rings is 1. The highest BCUT2D eigenvalue weighted by molar-refractivity contribution is 5.89. The molecule has 1 aromatic carbocycles. The van der Waals surface area contributed by atoms with Crippen LogP contribution < -0.4 is 10.6 Å². The molecule has 0 aromatic heterocycles. The summed E-state index contributed by atoms with van der Waals surface area (Å²) in [5.41, 5.74) is 1.35. The molecule has 0 radical (unpaired) electrons. The van der Waals surface area contributed by atoms with Crippen molar-refractivity contribution in [3.63, 3.8) is 0 Å². The van der Waals surface area contributed by atoms with Crippen molar-refractivity contribution in [1.29, 1.82) is 0 Å². The Morgan fingerprint density at radius 1 is 1.30 bits per heavy atom. The molecule has 1 fully saturated rings. The SMILES string of the molecule is Cc1cc(F)ccc1NC(=O)NCC(C)CN1CCN(C)CC1. The second kappa shape index (κ2) is 8.26. The van der Waals surface area contributed by atoms with Gasteiger partial charge in [-0.05, 0) is 43.7 Å². The number of amides is 2. The van der Waals surface area contributed by atoms with Crippen LogP contribution in [0.1, 0.15) is 12.5 Å². The van der Waals surface area contributed by atoms with Crippen LogP contribution in [0.5, 0.6) is 0 Å². The number of rotatable bonds is 5. The van der Waals surface area contributed by atoms with Gasteiger partial charge in [-0.1, -0.05) is 6.92 Å². The molecule has 1 saturated heterocycles. The van der Waals surface area contributed by atoms with Crippen LogP contribution >= 0.6 is 0 Å². The maximum atomic E-state index is 13.0. The molecule has 1 unspecified atom stereocenters. The molecule has 1 heterocycles. The Morgan fingerprint density at radius 2 is 2.00 bits per heavy atom. The Morgan fingerprint density at radius 3 is 2.65 bits per heavy atom. The third kappa shape index (κ3) is 5.80. The molecule has 128 valence electrons. The summed E-state index contributed by atoms with van der Waals surface area (Å²) in [4.78, 5) is 16.7. The third-order valence-corrected chi connectivity index (χ3v) is 4.21. The molecule has 2 N–H and O–H groups in total. The first kappa shape index (κ1) is 17.7. The van der Waals surface area contributed by atoms with Gasteiger partial charge in [-0.15, -0.1) is 0 Å². The van der Waals surface area contributed by atoms with Gasteiger partial charge in [0.2, 0.25) is 0 Å². The van der Waals surface area contributed by atoms with Crippen LogP contribution in [0.15, 0.2) is 18.2 Å². The minimum absolute atomic E-state index is 0.245. The Bertz CT molecular complexity index is 529. The van der Waals surface area contributed by atoms with Gasteiger partial charge in [0.15, 0.2) is 0 Å². The lowest BCUT2D eigenvalue weighted by Crippen LogP contribution is -2.47. The maximum absolute atomic E-state index is 13.0. The molecule has 0 spiro atoms. The molecule has 6 heteroatoms. The van der Waals surface area contributed by atoms with Crippen molar-refractivity contribution in [1.82, 2.24) is 15.1 Å². The van der Waals surface area contributed by atoms with E-state index < -0.39 is 0 Å². The summed E-state index contributed by atoms with van der Waals surface area (Å²) in [6.07, 6.45) is 0. The summed E-state index contributed by atoms with van der Waals surface area (Å²) in [5.74, 6) is 0.0905. The topological polar surface area (TPSA) is 47.6 Å². The number of anilines is 1. The van der Waals surface area contributed by atoms with E-state index in [1.54, 1.807) is 13.0 Å². The number of carbonyl (C=O) groups excluding carboxylic acids is 1. The second-order valence-corrected chi connectivity index (χ2v) is 6.50. The highest BCUT2D eigenvalue weighted by Gasteiger charge is 2.16. The Hall–Kier alpha value is -1.66. The average molecular weight is 322 g/mol. The van der Waals surface area contributed by atoms with E-state index >= 15 is 0 Å². The van der Waals surface area contributed by atoms with Gasteiger partial charge in [-0.25, -0.2) is 9.18 Å². The van der Waals surface area contributed by atoms with E-state index in [0.29, 0.717) is 23.7 Å². The normalized spacial score (nSPS) is 17.7. The zero-order valence-corrected chi connectivity index (χ0v) is 14.2. The lowest BCUT2D eigenvalue weighted by molar-refractivity contribution is 0.138. The van der Waals surface area contributed by atoms with Crippen molar-refractivity contribution in [3.05, 3.63) is 29.6 Å². The molecule has 0 bridgehead atoms. The number of urea groups is 1. The lowest BCUT2D eigenvalue weighted by atomic mass is 10.1. The monoisotopic (exact) mass is 322 g/mol. The minimum atomic E-state index is -0.297. The van der Waals surface area contributed by atoms with Gasteiger partial charge in [0.05, 0.1) is 0 Å². The highest BCUT2D eigenvalue weighted by atomic mass is 19.1. The summed E-state index contributed by atoms with van der Waals surface area (Å²) >= 11 is 0. The number of aryl methyl sites for hydroxylation is 1.